The molecule has 0 fully saturated rings. The average molecular weight is 479 g/mol. The van der Waals surface area contributed by atoms with E-state index in [0.29, 0.717) is 11.4 Å². The van der Waals surface area contributed by atoms with Crippen LogP contribution in [0.1, 0.15) is 40.0 Å². The number of benzene rings is 5. The van der Waals surface area contributed by atoms with E-state index < -0.39 is 60.4 Å². The zero-order chi connectivity index (χ0) is 33.7. The third kappa shape index (κ3) is 5.18. The van der Waals surface area contributed by atoms with Gasteiger partial charge >= 0.3 is 0 Å². The van der Waals surface area contributed by atoms with E-state index in [9.17, 15) is 0 Å². The van der Waals surface area contributed by atoms with E-state index in [-0.39, 0.29) is 27.9 Å². The number of nitrogens with one attached hydrogen (secondary N) is 1. The Morgan fingerprint density at radius 2 is 1.31 bits per heavy atom. The summed E-state index contributed by atoms with van der Waals surface area (Å²) in [4.78, 5) is 1.48. The largest absolute Gasteiger partial charge is 0.355 e. The van der Waals surface area contributed by atoms with Gasteiger partial charge in [-0.15, -0.1) is 0 Å². The summed E-state index contributed by atoms with van der Waals surface area (Å²) < 4.78 is 84.5. The number of anilines is 5. The maximum Gasteiger partial charge on any atom is 0.0645 e. The molecule has 0 saturated carbocycles. The highest BCUT2D eigenvalue weighted by molar-refractivity contribution is 5.88. The zero-order valence-corrected chi connectivity index (χ0v) is 20.4. The number of hydrogen-bond donors (Lipinski definition) is 1. The van der Waals surface area contributed by atoms with Crippen LogP contribution in [0.15, 0.2) is 133 Å². The molecule has 0 unspecified atom stereocenters. The minimum absolute atomic E-state index is 0.0173. The normalized spacial score (nSPS) is 15.1. The van der Waals surface area contributed by atoms with Crippen molar-refractivity contribution < 1.29 is 13.7 Å². The van der Waals surface area contributed by atoms with Crippen molar-refractivity contribution in [1.29, 1.82) is 0 Å². The first kappa shape index (κ1) is 14.3. The summed E-state index contributed by atoms with van der Waals surface area (Å²) in [6.07, 6.45) is 0. The molecule has 2 heteroatoms. The molecule has 0 aliphatic rings. The Hall–Kier alpha value is -4.30. The van der Waals surface area contributed by atoms with Crippen LogP contribution in [-0.2, 0) is 5.41 Å². The highest BCUT2D eigenvalue weighted by Crippen LogP contribution is 2.41. The van der Waals surface area contributed by atoms with Gasteiger partial charge < -0.3 is 10.2 Å². The Morgan fingerprint density at radius 3 is 2.00 bits per heavy atom. The first-order valence-corrected chi connectivity index (χ1v) is 11.6. The molecule has 0 atom stereocenters. The standard InChI is InChI=1S/C34H32N2/c1-34(2,3)27-21-23-28(24-22-27)35-29-15-12-18-31(25-29)36(30-16-8-5-9-17-30)33-20-11-10-19-32(33)26-13-6-4-7-14-26/h4-25,35H,1-3H3/i4D,5D,6D,7D,8D,9D,13D,14D,16D,17D. The van der Waals surface area contributed by atoms with E-state index in [1.807, 2.05) is 30.3 Å². The van der Waals surface area contributed by atoms with E-state index in [4.69, 9.17) is 13.7 Å². The van der Waals surface area contributed by atoms with Crippen LogP contribution in [0.5, 0.6) is 0 Å². The first-order valence-electron chi connectivity index (χ1n) is 16.6. The molecule has 0 bridgehead atoms. The van der Waals surface area contributed by atoms with Gasteiger partial charge in [0.05, 0.1) is 19.4 Å². The molecule has 0 aliphatic heterocycles. The van der Waals surface area contributed by atoms with Gasteiger partial charge in [0.15, 0.2) is 0 Å². The molecule has 0 radical (unpaired) electrons. The molecule has 0 amide bonds. The van der Waals surface area contributed by atoms with E-state index >= 15 is 0 Å². The molecule has 1 N–H and O–H groups in total. The molecular formula is C34H32N2. The number of para-hydroxylation sites is 2. The van der Waals surface area contributed by atoms with E-state index in [2.05, 4.69) is 26.1 Å². The Balaban J connectivity index is 1.76. The lowest BCUT2D eigenvalue weighted by molar-refractivity contribution is 0.590. The summed E-state index contributed by atoms with van der Waals surface area (Å²) in [5.41, 5.74) is 3.28. The fourth-order valence-corrected chi connectivity index (χ4v) is 3.95. The molecule has 36 heavy (non-hydrogen) atoms. The number of rotatable bonds is 6. The van der Waals surface area contributed by atoms with Crippen molar-refractivity contribution in [3.63, 3.8) is 0 Å². The minimum atomic E-state index is -0.549. The van der Waals surface area contributed by atoms with Crippen LogP contribution in [0.4, 0.5) is 28.4 Å². The van der Waals surface area contributed by atoms with Crippen LogP contribution in [-0.4, -0.2) is 0 Å². The molecule has 0 heterocycles. The lowest BCUT2D eigenvalue weighted by Crippen LogP contribution is -2.11. The van der Waals surface area contributed by atoms with Crippen molar-refractivity contribution in [2.75, 3.05) is 10.2 Å². The summed E-state index contributed by atoms with van der Waals surface area (Å²) in [5, 5.41) is 3.37. The van der Waals surface area contributed by atoms with Gasteiger partial charge in [0.25, 0.3) is 0 Å². The molecule has 5 aromatic carbocycles. The molecule has 0 saturated heterocycles. The fourth-order valence-electron chi connectivity index (χ4n) is 3.95. The Kier molecular flexibility index (Phi) is 4.03. The van der Waals surface area contributed by atoms with Crippen LogP contribution in [0, 0.1) is 0 Å². The van der Waals surface area contributed by atoms with Gasteiger partial charge in [-0.1, -0.05) is 106 Å². The molecule has 0 aromatic heterocycles. The number of hydrogen-bond acceptors (Lipinski definition) is 2. The molecule has 5 rings (SSSR count). The van der Waals surface area contributed by atoms with Crippen LogP contribution < -0.4 is 10.2 Å². The van der Waals surface area contributed by atoms with Crippen molar-refractivity contribution in [1.82, 2.24) is 0 Å². The van der Waals surface area contributed by atoms with Gasteiger partial charge in [-0.05, 0) is 65.0 Å². The van der Waals surface area contributed by atoms with E-state index in [0.717, 1.165) is 5.69 Å². The van der Waals surface area contributed by atoms with Gasteiger partial charge in [-0.2, -0.15) is 0 Å². The Morgan fingerprint density at radius 1 is 0.639 bits per heavy atom. The van der Waals surface area contributed by atoms with Gasteiger partial charge in [-0.25, -0.2) is 0 Å². The lowest BCUT2D eigenvalue weighted by atomic mass is 9.87. The molecule has 5 aromatic rings. The second-order valence-electron chi connectivity index (χ2n) is 9.33. The smallest absolute Gasteiger partial charge is 0.0645 e. The highest BCUT2D eigenvalue weighted by Gasteiger charge is 2.17. The summed E-state index contributed by atoms with van der Waals surface area (Å²) in [7, 11) is 0. The number of nitrogens with zero attached hydrogens (tertiary/aromatic N) is 1. The van der Waals surface area contributed by atoms with Crippen LogP contribution in [0.3, 0.4) is 0 Å². The maximum atomic E-state index is 8.84. The molecule has 0 aliphatic carbocycles. The van der Waals surface area contributed by atoms with Crippen molar-refractivity contribution in [2.45, 2.75) is 26.2 Å². The van der Waals surface area contributed by atoms with Crippen LogP contribution >= 0.6 is 0 Å². The summed E-state index contributed by atoms with van der Waals surface area (Å²) >= 11 is 0. The van der Waals surface area contributed by atoms with Crippen LogP contribution in [0.2, 0.25) is 0 Å². The minimum Gasteiger partial charge on any atom is -0.355 e. The summed E-state index contributed by atoms with van der Waals surface area (Å²) in [5.74, 6) is 0. The Labute approximate surface area is 228 Å². The third-order valence-corrected chi connectivity index (χ3v) is 5.77. The molecule has 0 spiro atoms. The van der Waals surface area contributed by atoms with E-state index in [1.54, 1.807) is 42.5 Å². The fraction of sp³-hybridized carbons (Fsp3) is 0.118. The van der Waals surface area contributed by atoms with Gasteiger partial charge in [0.1, 0.15) is 0 Å². The van der Waals surface area contributed by atoms with E-state index in [1.165, 1.54) is 10.5 Å². The van der Waals surface area contributed by atoms with Crippen molar-refractivity contribution >= 4 is 28.4 Å². The average Bonchev–Trinajstić information content (AvgIpc) is 3.03. The molecular weight excluding hydrogens is 436 g/mol. The van der Waals surface area contributed by atoms with Crippen molar-refractivity contribution in [3.05, 3.63) is 139 Å². The maximum absolute atomic E-state index is 8.84. The van der Waals surface area contributed by atoms with Gasteiger partial charge in [0, 0.05) is 28.3 Å². The topological polar surface area (TPSA) is 15.3 Å². The predicted molar refractivity (Wildman–Crippen MR) is 155 cm³/mol. The van der Waals surface area contributed by atoms with Gasteiger partial charge in [0.2, 0.25) is 0 Å². The van der Waals surface area contributed by atoms with Crippen molar-refractivity contribution in [2.24, 2.45) is 0 Å². The quantitative estimate of drug-likeness (QED) is 0.261. The third-order valence-electron chi connectivity index (χ3n) is 5.77. The van der Waals surface area contributed by atoms with Gasteiger partial charge in [-0.3, -0.25) is 0 Å². The second-order valence-corrected chi connectivity index (χ2v) is 9.33. The Bertz CT molecular complexity index is 1910. The predicted octanol–water partition coefficient (Wildman–Crippen LogP) is 9.86. The first-order chi connectivity index (χ1) is 21.6. The highest BCUT2D eigenvalue weighted by atomic mass is 15.1. The van der Waals surface area contributed by atoms with Crippen LogP contribution in [0.25, 0.3) is 11.1 Å². The summed E-state index contributed by atoms with van der Waals surface area (Å²) in [6, 6.07) is 16.7. The SMILES string of the molecule is [2H]c1c([2H])c([2H])c(-c2ccccc2N(c2cccc(Nc3ccc(C(C)(C)C)cc3)c2)c2c([2H])c([2H])c([2H])c([2H])c2[2H])c([2H])c1[2H]. The molecule has 178 valence electrons. The second kappa shape index (κ2) is 10.1. The van der Waals surface area contributed by atoms with Crippen molar-refractivity contribution in [3.8, 4) is 11.1 Å². The monoisotopic (exact) mass is 478 g/mol. The zero-order valence-electron chi connectivity index (χ0n) is 30.4. The molecule has 2 nitrogen and oxygen atoms in total. The lowest BCUT2D eigenvalue weighted by Gasteiger charge is -2.28. The summed E-state index contributed by atoms with van der Waals surface area (Å²) in [6.45, 7) is 6.40.